The number of oxime groups is 1. The van der Waals surface area contributed by atoms with Crippen LogP contribution in [0.4, 0.5) is 0 Å². The normalized spacial score (nSPS) is 21.4. The number of hydrogen-bond acceptors (Lipinski definition) is 4. The predicted octanol–water partition coefficient (Wildman–Crippen LogP) is 1.98. The quantitative estimate of drug-likeness (QED) is 0.592. The maximum absolute atomic E-state index is 8.94. The second-order valence-electron chi connectivity index (χ2n) is 4.29. The standard InChI is InChI=1S/C12H14N4O/c17-15-11-8-4-7-10-12(11)14-16(13-10)9-5-2-1-3-6-9/h2,5-6,17H,1,3-4,7-8H2/b15-11+. The van der Waals surface area contributed by atoms with Crippen LogP contribution in [0.2, 0.25) is 0 Å². The highest BCUT2D eigenvalue weighted by molar-refractivity contribution is 6.00. The van der Waals surface area contributed by atoms with E-state index < -0.39 is 0 Å². The van der Waals surface area contributed by atoms with E-state index in [4.69, 9.17) is 5.21 Å². The molecule has 5 heteroatoms. The van der Waals surface area contributed by atoms with Gasteiger partial charge in [-0.05, 0) is 38.2 Å². The van der Waals surface area contributed by atoms with Gasteiger partial charge in [-0.15, -0.1) is 5.10 Å². The number of allylic oxidation sites excluding steroid dienone is 4. The van der Waals surface area contributed by atoms with Crippen molar-refractivity contribution in [3.8, 4) is 0 Å². The van der Waals surface area contributed by atoms with Gasteiger partial charge in [0.05, 0.1) is 11.4 Å². The zero-order valence-corrected chi connectivity index (χ0v) is 9.50. The first-order valence-electron chi connectivity index (χ1n) is 5.93. The molecule has 3 rings (SSSR count). The first kappa shape index (κ1) is 10.3. The predicted molar refractivity (Wildman–Crippen MR) is 63.9 cm³/mol. The highest BCUT2D eigenvalue weighted by atomic mass is 16.4. The van der Waals surface area contributed by atoms with E-state index in [1.807, 2.05) is 6.08 Å². The third kappa shape index (κ3) is 1.77. The van der Waals surface area contributed by atoms with Crippen molar-refractivity contribution < 1.29 is 5.21 Å². The van der Waals surface area contributed by atoms with Crippen LogP contribution in [0.1, 0.15) is 37.1 Å². The summed E-state index contributed by atoms with van der Waals surface area (Å²) in [7, 11) is 0. The van der Waals surface area contributed by atoms with Gasteiger partial charge in [0.25, 0.3) is 0 Å². The van der Waals surface area contributed by atoms with Crippen molar-refractivity contribution in [3.05, 3.63) is 29.6 Å². The van der Waals surface area contributed by atoms with Crippen molar-refractivity contribution in [3.63, 3.8) is 0 Å². The molecular weight excluding hydrogens is 216 g/mol. The first-order chi connectivity index (χ1) is 8.38. The number of aromatic nitrogens is 3. The smallest absolute Gasteiger partial charge is 0.134 e. The second kappa shape index (κ2) is 4.16. The molecule has 0 aliphatic heterocycles. The lowest BCUT2D eigenvalue weighted by atomic mass is 9.99. The minimum Gasteiger partial charge on any atom is -0.411 e. The topological polar surface area (TPSA) is 63.3 Å². The summed E-state index contributed by atoms with van der Waals surface area (Å²) in [5.41, 5.74) is 3.34. The van der Waals surface area contributed by atoms with Crippen LogP contribution in [0, 0.1) is 0 Å². The molecule has 1 aromatic rings. The van der Waals surface area contributed by atoms with Crippen LogP contribution >= 0.6 is 0 Å². The van der Waals surface area contributed by atoms with Crippen molar-refractivity contribution in [1.82, 2.24) is 15.0 Å². The molecule has 2 aliphatic carbocycles. The monoisotopic (exact) mass is 230 g/mol. The molecule has 88 valence electrons. The third-order valence-electron chi connectivity index (χ3n) is 3.11. The highest BCUT2D eigenvalue weighted by Crippen LogP contribution is 2.20. The van der Waals surface area contributed by atoms with Crippen molar-refractivity contribution in [2.75, 3.05) is 0 Å². The van der Waals surface area contributed by atoms with E-state index in [-0.39, 0.29) is 0 Å². The van der Waals surface area contributed by atoms with Crippen LogP contribution in [-0.2, 0) is 6.42 Å². The van der Waals surface area contributed by atoms with E-state index in [0.29, 0.717) is 5.71 Å². The van der Waals surface area contributed by atoms with Crippen molar-refractivity contribution in [1.29, 1.82) is 0 Å². The Hall–Kier alpha value is -1.91. The molecule has 0 amide bonds. The maximum Gasteiger partial charge on any atom is 0.134 e. The van der Waals surface area contributed by atoms with Gasteiger partial charge in [0, 0.05) is 0 Å². The number of rotatable bonds is 1. The van der Waals surface area contributed by atoms with Crippen molar-refractivity contribution >= 4 is 11.4 Å². The minimum atomic E-state index is 0.651. The van der Waals surface area contributed by atoms with Gasteiger partial charge in [-0.25, -0.2) is 0 Å². The van der Waals surface area contributed by atoms with Crippen LogP contribution in [-0.4, -0.2) is 25.9 Å². The van der Waals surface area contributed by atoms with Crippen LogP contribution in [0.3, 0.4) is 0 Å². The fourth-order valence-electron chi connectivity index (χ4n) is 2.23. The van der Waals surface area contributed by atoms with Gasteiger partial charge >= 0.3 is 0 Å². The lowest BCUT2D eigenvalue weighted by Gasteiger charge is -2.07. The molecule has 2 aliphatic rings. The molecule has 1 N–H and O–H groups in total. The Morgan fingerprint density at radius 1 is 1.24 bits per heavy atom. The zero-order chi connectivity index (χ0) is 11.7. The first-order valence-corrected chi connectivity index (χ1v) is 5.93. The number of aryl methyl sites for hydroxylation is 1. The summed E-state index contributed by atoms with van der Waals surface area (Å²) >= 11 is 0. The number of hydrogen-bond donors (Lipinski definition) is 1. The van der Waals surface area contributed by atoms with E-state index in [2.05, 4.69) is 27.5 Å². The molecule has 5 nitrogen and oxygen atoms in total. The molecule has 0 saturated carbocycles. The molecule has 1 aromatic heterocycles. The van der Waals surface area contributed by atoms with E-state index in [1.54, 1.807) is 4.80 Å². The van der Waals surface area contributed by atoms with Gasteiger partial charge in [-0.1, -0.05) is 17.3 Å². The highest BCUT2D eigenvalue weighted by Gasteiger charge is 2.22. The molecule has 0 unspecified atom stereocenters. The Kier molecular flexibility index (Phi) is 2.51. The lowest BCUT2D eigenvalue weighted by molar-refractivity contribution is 0.317. The summed E-state index contributed by atoms with van der Waals surface area (Å²) in [6.07, 6.45) is 11.0. The molecule has 0 radical (unpaired) electrons. The molecule has 0 bridgehead atoms. The minimum absolute atomic E-state index is 0.651. The molecule has 1 heterocycles. The fraction of sp³-hybridized carbons (Fsp3) is 0.417. The summed E-state index contributed by atoms with van der Waals surface area (Å²) in [6.45, 7) is 0. The molecule has 17 heavy (non-hydrogen) atoms. The molecule has 0 fully saturated rings. The van der Waals surface area contributed by atoms with Gasteiger partial charge in [0.2, 0.25) is 0 Å². The number of fused-ring (bicyclic) bond motifs is 1. The Labute approximate surface area is 99.1 Å². The maximum atomic E-state index is 8.94. The Morgan fingerprint density at radius 3 is 2.94 bits per heavy atom. The number of nitrogens with zero attached hydrogens (tertiary/aromatic N) is 4. The van der Waals surface area contributed by atoms with Crippen LogP contribution < -0.4 is 0 Å². The Bertz CT molecular complexity index is 525. The largest absolute Gasteiger partial charge is 0.411 e. The SMILES string of the molecule is O/N=C1\CCCc2nn(C3=CCCC=C3)nc21. The lowest BCUT2D eigenvalue weighted by Crippen LogP contribution is -2.11. The summed E-state index contributed by atoms with van der Waals surface area (Å²) in [5.74, 6) is 0. The molecule has 0 spiro atoms. The molecule has 0 aromatic carbocycles. The van der Waals surface area contributed by atoms with Gasteiger partial charge in [-0.2, -0.15) is 9.90 Å². The van der Waals surface area contributed by atoms with Crippen molar-refractivity contribution in [2.45, 2.75) is 32.1 Å². The Morgan fingerprint density at radius 2 is 2.18 bits per heavy atom. The van der Waals surface area contributed by atoms with E-state index >= 15 is 0 Å². The van der Waals surface area contributed by atoms with Gasteiger partial charge in [-0.3, -0.25) is 0 Å². The van der Waals surface area contributed by atoms with Crippen LogP contribution in [0.15, 0.2) is 23.4 Å². The fourth-order valence-corrected chi connectivity index (χ4v) is 2.23. The third-order valence-corrected chi connectivity index (χ3v) is 3.11. The summed E-state index contributed by atoms with van der Waals surface area (Å²) < 4.78 is 0. The summed E-state index contributed by atoms with van der Waals surface area (Å²) in [6, 6.07) is 0. The van der Waals surface area contributed by atoms with E-state index in [1.165, 1.54) is 0 Å². The zero-order valence-electron chi connectivity index (χ0n) is 9.50. The van der Waals surface area contributed by atoms with Crippen molar-refractivity contribution in [2.24, 2.45) is 5.16 Å². The molecule has 0 saturated heterocycles. The molecule has 0 atom stereocenters. The second-order valence-corrected chi connectivity index (χ2v) is 4.29. The Balaban J connectivity index is 2.01. The summed E-state index contributed by atoms with van der Waals surface area (Å²) in [4.78, 5) is 1.65. The van der Waals surface area contributed by atoms with Crippen LogP contribution in [0.5, 0.6) is 0 Å². The average molecular weight is 230 g/mol. The van der Waals surface area contributed by atoms with E-state index in [0.717, 1.165) is 49.2 Å². The van der Waals surface area contributed by atoms with E-state index in [9.17, 15) is 0 Å². The van der Waals surface area contributed by atoms with Gasteiger partial charge in [0.1, 0.15) is 11.4 Å². The molecular formula is C12H14N4O. The van der Waals surface area contributed by atoms with Crippen LogP contribution in [0.25, 0.3) is 5.70 Å². The van der Waals surface area contributed by atoms with Gasteiger partial charge < -0.3 is 5.21 Å². The average Bonchev–Trinajstić information content (AvgIpc) is 2.83. The summed E-state index contributed by atoms with van der Waals surface area (Å²) in [5, 5.41) is 21.1. The van der Waals surface area contributed by atoms with Gasteiger partial charge in [0.15, 0.2) is 0 Å².